The number of aromatic nitrogens is 2. The van der Waals surface area contributed by atoms with Crippen molar-refractivity contribution in [2.24, 2.45) is 0 Å². The van der Waals surface area contributed by atoms with Gasteiger partial charge in [0.2, 0.25) is 5.82 Å². The van der Waals surface area contributed by atoms with Gasteiger partial charge in [-0.2, -0.15) is 23.7 Å². The third-order valence-electron chi connectivity index (χ3n) is 2.45. The zero-order valence-corrected chi connectivity index (χ0v) is 9.31. The van der Waals surface area contributed by atoms with Crippen LogP contribution < -0.4 is 0 Å². The Balaban J connectivity index is 2.64. The van der Waals surface area contributed by atoms with Gasteiger partial charge in [0.25, 0.3) is 0 Å². The summed E-state index contributed by atoms with van der Waals surface area (Å²) in [6, 6.07) is 6.48. The molecule has 0 fully saturated rings. The second kappa shape index (κ2) is 4.46. The SMILES string of the molecule is N#Cc1ccc(-n2ccnc2C#N)cc1C(F)(F)F. The van der Waals surface area contributed by atoms with E-state index in [9.17, 15) is 13.2 Å². The Hall–Kier alpha value is -2.80. The quantitative estimate of drug-likeness (QED) is 0.793. The number of rotatable bonds is 1. The van der Waals surface area contributed by atoms with Gasteiger partial charge in [-0.1, -0.05) is 0 Å². The maximum Gasteiger partial charge on any atom is 0.417 e. The Labute approximate surface area is 106 Å². The van der Waals surface area contributed by atoms with Gasteiger partial charge in [-0.3, -0.25) is 4.57 Å². The zero-order chi connectivity index (χ0) is 14.0. The number of benzene rings is 1. The van der Waals surface area contributed by atoms with Crippen LogP contribution in [0.15, 0.2) is 30.6 Å². The Morgan fingerprint density at radius 2 is 1.89 bits per heavy atom. The maximum atomic E-state index is 12.8. The van der Waals surface area contributed by atoms with Crippen molar-refractivity contribution in [3.63, 3.8) is 0 Å². The first kappa shape index (κ1) is 12.7. The van der Waals surface area contributed by atoms with Crippen LogP contribution in [0.3, 0.4) is 0 Å². The molecule has 0 unspecified atom stereocenters. The highest BCUT2D eigenvalue weighted by atomic mass is 19.4. The summed E-state index contributed by atoms with van der Waals surface area (Å²) in [6.07, 6.45) is -1.95. The molecule has 0 saturated heterocycles. The van der Waals surface area contributed by atoms with Crippen molar-refractivity contribution >= 4 is 0 Å². The molecule has 94 valence electrons. The third kappa shape index (κ3) is 2.26. The van der Waals surface area contributed by atoms with Crippen LogP contribution >= 0.6 is 0 Å². The monoisotopic (exact) mass is 262 g/mol. The van der Waals surface area contributed by atoms with Gasteiger partial charge in [0.1, 0.15) is 6.07 Å². The predicted octanol–water partition coefficient (Wildman–Crippen LogP) is 2.63. The van der Waals surface area contributed by atoms with Crippen LogP contribution in [0.4, 0.5) is 13.2 Å². The fourth-order valence-electron chi connectivity index (χ4n) is 1.61. The molecule has 0 N–H and O–H groups in total. The molecule has 0 aliphatic carbocycles. The smallest absolute Gasteiger partial charge is 0.291 e. The van der Waals surface area contributed by atoms with Crippen molar-refractivity contribution in [1.29, 1.82) is 10.5 Å². The molecule has 2 aromatic rings. The largest absolute Gasteiger partial charge is 0.417 e. The number of imidazole rings is 1. The molecule has 0 amide bonds. The van der Waals surface area contributed by atoms with Crippen molar-refractivity contribution in [1.82, 2.24) is 9.55 Å². The lowest BCUT2D eigenvalue weighted by molar-refractivity contribution is -0.137. The van der Waals surface area contributed by atoms with Crippen LogP contribution in [-0.2, 0) is 6.18 Å². The highest BCUT2D eigenvalue weighted by Gasteiger charge is 2.34. The van der Waals surface area contributed by atoms with Gasteiger partial charge in [-0.25, -0.2) is 4.98 Å². The maximum absolute atomic E-state index is 12.8. The van der Waals surface area contributed by atoms with Gasteiger partial charge >= 0.3 is 6.18 Å². The molecule has 1 heterocycles. The van der Waals surface area contributed by atoms with E-state index in [1.165, 1.54) is 29.1 Å². The van der Waals surface area contributed by atoms with Crippen molar-refractivity contribution in [3.8, 4) is 17.8 Å². The summed E-state index contributed by atoms with van der Waals surface area (Å²) >= 11 is 0. The van der Waals surface area contributed by atoms with Gasteiger partial charge in [0.15, 0.2) is 0 Å². The minimum absolute atomic E-state index is 0.0298. The van der Waals surface area contributed by atoms with E-state index in [1.807, 2.05) is 0 Å². The first-order chi connectivity index (χ1) is 8.97. The normalized spacial score (nSPS) is 10.8. The molecule has 1 aromatic carbocycles. The highest BCUT2D eigenvalue weighted by molar-refractivity contribution is 5.48. The average molecular weight is 262 g/mol. The van der Waals surface area contributed by atoms with Crippen LogP contribution in [0.5, 0.6) is 0 Å². The summed E-state index contributed by atoms with van der Waals surface area (Å²) < 4.78 is 39.6. The van der Waals surface area contributed by atoms with Crippen molar-refractivity contribution in [2.45, 2.75) is 6.18 Å². The molecular formula is C12H5F3N4. The van der Waals surface area contributed by atoms with Crippen LogP contribution in [0, 0.1) is 22.7 Å². The number of hydrogen-bond donors (Lipinski definition) is 0. The Bertz CT molecular complexity index is 701. The molecule has 0 aliphatic rings. The van der Waals surface area contributed by atoms with Crippen molar-refractivity contribution in [2.75, 3.05) is 0 Å². The molecular weight excluding hydrogens is 257 g/mol. The fourth-order valence-corrected chi connectivity index (χ4v) is 1.61. The number of halogens is 3. The van der Waals surface area contributed by atoms with Gasteiger partial charge in [-0.15, -0.1) is 0 Å². The molecule has 0 spiro atoms. The Morgan fingerprint density at radius 1 is 1.16 bits per heavy atom. The van der Waals surface area contributed by atoms with Crippen LogP contribution in [0.1, 0.15) is 17.0 Å². The van der Waals surface area contributed by atoms with Gasteiger partial charge in [0.05, 0.1) is 17.2 Å². The highest BCUT2D eigenvalue weighted by Crippen LogP contribution is 2.33. The molecule has 0 saturated carbocycles. The lowest BCUT2D eigenvalue weighted by Gasteiger charge is -2.11. The summed E-state index contributed by atoms with van der Waals surface area (Å²) in [4.78, 5) is 3.70. The van der Waals surface area contributed by atoms with E-state index in [4.69, 9.17) is 10.5 Å². The van der Waals surface area contributed by atoms with Gasteiger partial charge < -0.3 is 0 Å². The molecule has 0 atom stereocenters. The van der Waals surface area contributed by atoms with E-state index >= 15 is 0 Å². The minimum atomic E-state index is -4.63. The average Bonchev–Trinajstić information content (AvgIpc) is 2.85. The van der Waals surface area contributed by atoms with Crippen LogP contribution in [-0.4, -0.2) is 9.55 Å². The van der Waals surface area contributed by atoms with E-state index in [2.05, 4.69) is 4.98 Å². The van der Waals surface area contributed by atoms with E-state index in [-0.39, 0.29) is 11.5 Å². The number of hydrogen-bond acceptors (Lipinski definition) is 3. The number of alkyl halides is 3. The second-order valence-electron chi connectivity index (χ2n) is 3.57. The lowest BCUT2D eigenvalue weighted by atomic mass is 10.1. The number of nitrogens with zero attached hydrogens (tertiary/aromatic N) is 4. The Morgan fingerprint density at radius 3 is 2.47 bits per heavy atom. The molecule has 0 radical (unpaired) electrons. The summed E-state index contributed by atoms with van der Waals surface area (Å²) in [5.74, 6) is -0.0298. The molecule has 19 heavy (non-hydrogen) atoms. The molecule has 4 nitrogen and oxygen atoms in total. The minimum Gasteiger partial charge on any atom is -0.291 e. The van der Waals surface area contributed by atoms with Crippen molar-refractivity contribution < 1.29 is 13.2 Å². The second-order valence-corrected chi connectivity index (χ2v) is 3.57. The Kier molecular flexibility index (Phi) is 2.97. The van der Waals surface area contributed by atoms with E-state index in [0.717, 1.165) is 12.1 Å². The first-order valence-corrected chi connectivity index (χ1v) is 5.02. The topological polar surface area (TPSA) is 65.4 Å². The summed E-state index contributed by atoms with van der Waals surface area (Å²) in [7, 11) is 0. The molecule has 7 heteroatoms. The van der Waals surface area contributed by atoms with Gasteiger partial charge in [0, 0.05) is 18.1 Å². The fraction of sp³-hybridized carbons (Fsp3) is 0.0833. The van der Waals surface area contributed by atoms with E-state index < -0.39 is 17.3 Å². The molecule has 1 aromatic heterocycles. The summed E-state index contributed by atoms with van der Waals surface area (Å²) in [6.45, 7) is 0. The standard InChI is InChI=1S/C12H5F3N4/c13-12(14,15)10-5-9(2-1-8(10)6-16)19-4-3-18-11(19)7-17/h1-5H. The van der Waals surface area contributed by atoms with E-state index in [1.54, 1.807) is 6.07 Å². The number of nitriles is 2. The summed E-state index contributed by atoms with van der Waals surface area (Å²) in [5, 5.41) is 17.5. The zero-order valence-electron chi connectivity index (χ0n) is 9.31. The predicted molar refractivity (Wildman–Crippen MR) is 58.0 cm³/mol. The molecule has 0 bridgehead atoms. The summed E-state index contributed by atoms with van der Waals surface area (Å²) in [5.41, 5.74) is -1.37. The molecule has 0 aliphatic heterocycles. The van der Waals surface area contributed by atoms with Crippen molar-refractivity contribution in [3.05, 3.63) is 47.5 Å². The molecule has 2 rings (SSSR count). The van der Waals surface area contributed by atoms with Crippen LogP contribution in [0.25, 0.3) is 5.69 Å². The van der Waals surface area contributed by atoms with E-state index in [0.29, 0.717) is 0 Å². The van der Waals surface area contributed by atoms with Crippen LogP contribution in [0.2, 0.25) is 0 Å². The van der Waals surface area contributed by atoms with Gasteiger partial charge in [-0.05, 0) is 18.2 Å². The first-order valence-electron chi connectivity index (χ1n) is 5.02. The third-order valence-corrected chi connectivity index (χ3v) is 2.45. The lowest BCUT2D eigenvalue weighted by Crippen LogP contribution is -2.09.